The van der Waals surface area contributed by atoms with Gasteiger partial charge in [0, 0.05) is 12.5 Å². The number of aliphatic hydroxyl groups is 1. The average molecular weight is 234 g/mol. The largest absolute Gasteiger partial charge is 0.388 e. The number of benzene rings is 1. The highest BCUT2D eigenvalue weighted by Crippen LogP contribution is 2.34. The number of aliphatic hydroxyl groups excluding tert-OH is 1. The van der Waals surface area contributed by atoms with E-state index in [4.69, 9.17) is 9.47 Å². The van der Waals surface area contributed by atoms with Gasteiger partial charge in [0.05, 0.1) is 25.4 Å². The molecule has 3 unspecified atom stereocenters. The van der Waals surface area contributed by atoms with Crippen LogP contribution in [0.15, 0.2) is 18.2 Å². The topological polar surface area (TPSA) is 38.7 Å². The molecule has 0 spiro atoms. The summed E-state index contributed by atoms with van der Waals surface area (Å²) in [4.78, 5) is 0. The van der Waals surface area contributed by atoms with Crippen LogP contribution in [-0.2, 0) is 22.7 Å². The standard InChI is InChI=1S/C14H18O3/c1-9-13(4-5-17-9)14(15)10-2-3-11-7-16-8-12(11)6-10/h2-3,6,9,13-15H,4-5,7-8H2,1H3. The van der Waals surface area contributed by atoms with E-state index in [0.717, 1.165) is 18.6 Å². The molecule has 0 aliphatic carbocycles. The van der Waals surface area contributed by atoms with Gasteiger partial charge in [0.15, 0.2) is 0 Å². The zero-order chi connectivity index (χ0) is 11.8. The van der Waals surface area contributed by atoms with Crippen molar-refractivity contribution >= 4 is 0 Å². The van der Waals surface area contributed by atoms with E-state index in [9.17, 15) is 5.11 Å². The highest BCUT2D eigenvalue weighted by molar-refractivity contribution is 5.34. The Balaban J connectivity index is 1.83. The lowest BCUT2D eigenvalue weighted by atomic mass is 9.89. The van der Waals surface area contributed by atoms with Crippen molar-refractivity contribution in [3.8, 4) is 0 Å². The van der Waals surface area contributed by atoms with Crippen LogP contribution in [0.3, 0.4) is 0 Å². The van der Waals surface area contributed by atoms with Crippen LogP contribution in [0.2, 0.25) is 0 Å². The molecular weight excluding hydrogens is 216 g/mol. The summed E-state index contributed by atoms with van der Waals surface area (Å²) in [7, 11) is 0. The minimum atomic E-state index is -0.418. The quantitative estimate of drug-likeness (QED) is 0.852. The molecule has 1 aromatic rings. The molecule has 1 N–H and O–H groups in total. The second-order valence-corrected chi connectivity index (χ2v) is 4.99. The molecule has 0 amide bonds. The predicted molar refractivity (Wildman–Crippen MR) is 63.4 cm³/mol. The van der Waals surface area contributed by atoms with E-state index in [-0.39, 0.29) is 12.0 Å². The van der Waals surface area contributed by atoms with E-state index in [2.05, 4.69) is 12.1 Å². The molecule has 0 bridgehead atoms. The Kier molecular flexibility index (Phi) is 2.90. The summed E-state index contributed by atoms with van der Waals surface area (Å²) in [5.41, 5.74) is 3.46. The Morgan fingerprint density at radius 3 is 2.88 bits per heavy atom. The molecule has 3 heteroatoms. The van der Waals surface area contributed by atoms with Crippen molar-refractivity contribution in [3.63, 3.8) is 0 Å². The summed E-state index contributed by atoms with van der Waals surface area (Å²) in [6.45, 7) is 4.18. The lowest BCUT2D eigenvalue weighted by Gasteiger charge is -2.21. The van der Waals surface area contributed by atoms with Gasteiger partial charge < -0.3 is 14.6 Å². The number of fused-ring (bicyclic) bond motifs is 1. The third-order valence-corrected chi connectivity index (χ3v) is 3.93. The molecule has 1 fully saturated rings. The fourth-order valence-electron chi connectivity index (χ4n) is 2.79. The van der Waals surface area contributed by atoms with Gasteiger partial charge in [0.1, 0.15) is 0 Å². The van der Waals surface area contributed by atoms with Crippen LogP contribution in [0.4, 0.5) is 0 Å². The lowest BCUT2D eigenvalue weighted by molar-refractivity contribution is 0.0431. The van der Waals surface area contributed by atoms with Crippen LogP contribution in [-0.4, -0.2) is 17.8 Å². The van der Waals surface area contributed by atoms with Gasteiger partial charge in [-0.15, -0.1) is 0 Å². The fraction of sp³-hybridized carbons (Fsp3) is 0.571. The van der Waals surface area contributed by atoms with E-state index in [1.807, 2.05) is 13.0 Å². The maximum Gasteiger partial charge on any atom is 0.0843 e. The number of rotatable bonds is 2. The molecule has 0 radical (unpaired) electrons. The summed E-state index contributed by atoms with van der Waals surface area (Å²) in [5, 5.41) is 10.4. The van der Waals surface area contributed by atoms with E-state index >= 15 is 0 Å². The van der Waals surface area contributed by atoms with Crippen LogP contribution in [0, 0.1) is 5.92 Å². The molecule has 2 heterocycles. The SMILES string of the molecule is CC1OCCC1C(O)c1ccc2c(c1)COC2. The van der Waals surface area contributed by atoms with E-state index in [0.29, 0.717) is 13.2 Å². The Morgan fingerprint density at radius 1 is 1.29 bits per heavy atom. The number of hydrogen-bond acceptors (Lipinski definition) is 3. The third-order valence-electron chi connectivity index (χ3n) is 3.93. The molecule has 1 saturated heterocycles. The predicted octanol–water partition coefficient (Wildman–Crippen LogP) is 2.18. The fourth-order valence-corrected chi connectivity index (χ4v) is 2.79. The smallest absolute Gasteiger partial charge is 0.0843 e. The molecule has 3 atom stereocenters. The normalized spacial score (nSPS) is 29.3. The Bertz CT molecular complexity index is 416. The first-order valence-electron chi connectivity index (χ1n) is 6.25. The van der Waals surface area contributed by atoms with Crippen molar-refractivity contribution in [2.45, 2.75) is 38.8 Å². The molecule has 17 heavy (non-hydrogen) atoms. The van der Waals surface area contributed by atoms with Crippen molar-refractivity contribution in [3.05, 3.63) is 34.9 Å². The first kappa shape index (κ1) is 11.2. The molecule has 3 nitrogen and oxygen atoms in total. The summed E-state index contributed by atoms with van der Waals surface area (Å²) in [6, 6.07) is 6.17. The second-order valence-electron chi connectivity index (χ2n) is 4.99. The van der Waals surface area contributed by atoms with E-state index in [1.54, 1.807) is 0 Å². The molecule has 92 valence electrons. The maximum atomic E-state index is 10.4. The first-order valence-corrected chi connectivity index (χ1v) is 6.25. The maximum absolute atomic E-state index is 10.4. The van der Waals surface area contributed by atoms with Crippen molar-refractivity contribution in [2.24, 2.45) is 5.92 Å². The van der Waals surface area contributed by atoms with E-state index < -0.39 is 6.10 Å². The van der Waals surface area contributed by atoms with Crippen LogP contribution in [0.25, 0.3) is 0 Å². The molecule has 2 aliphatic heterocycles. The van der Waals surface area contributed by atoms with Crippen molar-refractivity contribution < 1.29 is 14.6 Å². The van der Waals surface area contributed by atoms with Gasteiger partial charge in [-0.25, -0.2) is 0 Å². The molecule has 1 aromatic carbocycles. The Morgan fingerprint density at radius 2 is 2.12 bits per heavy atom. The van der Waals surface area contributed by atoms with Crippen LogP contribution in [0.5, 0.6) is 0 Å². The first-order chi connectivity index (χ1) is 8.25. The van der Waals surface area contributed by atoms with Crippen molar-refractivity contribution in [1.82, 2.24) is 0 Å². The van der Waals surface area contributed by atoms with Crippen LogP contribution >= 0.6 is 0 Å². The Labute approximate surface area is 101 Å². The highest BCUT2D eigenvalue weighted by Gasteiger charge is 2.32. The Hall–Kier alpha value is -0.900. The zero-order valence-electron chi connectivity index (χ0n) is 10.1. The van der Waals surface area contributed by atoms with Gasteiger partial charge in [0.25, 0.3) is 0 Å². The van der Waals surface area contributed by atoms with Gasteiger partial charge in [0.2, 0.25) is 0 Å². The van der Waals surface area contributed by atoms with Gasteiger partial charge in [-0.05, 0) is 30.0 Å². The molecular formula is C14H18O3. The highest BCUT2D eigenvalue weighted by atomic mass is 16.5. The summed E-state index contributed by atoms with van der Waals surface area (Å²) < 4.78 is 10.9. The van der Waals surface area contributed by atoms with Crippen LogP contribution in [0.1, 0.15) is 36.1 Å². The minimum absolute atomic E-state index is 0.148. The molecule has 0 saturated carbocycles. The van der Waals surface area contributed by atoms with Crippen LogP contribution < -0.4 is 0 Å². The molecule has 0 aromatic heterocycles. The van der Waals surface area contributed by atoms with Gasteiger partial charge in [-0.2, -0.15) is 0 Å². The molecule has 3 rings (SSSR count). The number of ether oxygens (including phenoxy) is 2. The van der Waals surface area contributed by atoms with Gasteiger partial charge in [-0.1, -0.05) is 18.2 Å². The second kappa shape index (κ2) is 4.41. The zero-order valence-corrected chi connectivity index (χ0v) is 10.1. The average Bonchev–Trinajstić information content (AvgIpc) is 2.95. The minimum Gasteiger partial charge on any atom is -0.388 e. The monoisotopic (exact) mass is 234 g/mol. The third kappa shape index (κ3) is 1.99. The summed E-state index contributed by atoms with van der Waals surface area (Å²) in [5.74, 6) is 0.218. The van der Waals surface area contributed by atoms with Crippen molar-refractivity contribution in [2.75, 3.05) is 6.61 Å². The number of hydrogen-bond donors (Lipinski definition) is 1. The van der Waals surface area contributed by atoms with Crippen molar-refractivity contribution in [1.29, 1.82) is 0 Å². The summed E-state index contributed by atoms with van der Waals surface area (Å²) >= 11 is 0. The van der Waals surface area contributed by atoms with Gasteiger partial charge in [-0.3, -0.25) is 0 Å². The summed E-state index contributed by atoms with van der Waals surface area (Å²) in [6.07, 6.45) is 0.670. The molecule has 2 aliphatic rings. The van der Waals surface area contributed by atoms with Gasteiger partial charge >= 0.3 is 0 Å². The lowest BCUT2D eigenvalue weighted by Crippen LogP contribution is -2.19. The van der Waals surface area contributed by atoms with E-state index in [1.165, 1.54) is 11.1 Å².